The maximum absolute atomic E-state index is 3.81. The predicted molar refractivity (Wildman–Crippen MR) is 63.8 cm³/mol. The summed E-state index contributed by atoms with van der Waals surface area (Å²) in [6, 6.07) is 0. The second-order valence-corrected chi connectivity index (χ2v) is 3.26. The van der Waals surface area contributed by atoms with E-state index in [1.807, 2.05) is 0 Å². The molecule has 13 heavy (non-hydrogen) atoms. The molecule has 0 aromatic heterocycles. The molecule has 0 N–H and O–H groups in total. The van der Waals surface area contributed by atoms with E-state index in [1.54, 1.807) is 0 Å². The zero-order valence-electron chi connectivity index (χ0n) is 9.10. The minimum atomic E-state index is 0.834. The van der Waals surface area contributed by atoms with Crippen LogP contribution in [-0.2, 0) is 0 Å². The molecule has 0 aromatic rings. The van der Waals surface area contributed by atoms with Crippen LogP contribution < -0.4 is 0 Å². The van der Waals surface area contributed by atoms with Crippen LogP contribution >= 0.6 is 0 Å². The van der Waals surface area contributed by atoms with Gasteiger partial charge >= 0.3 is 0 Å². The zero-order valence-corrected chi connectivity index (χ0v) is 9.10. The molecule has 0 amide bonds. The minimum absolute atomic E-state index is 0.834. The van der Waals surface area contributed by atoms with Crippen LogP contribution in [0.1, 0.15) is 32.6 Å². The molecule has 1 saturated carbocycles. The van der Waals surface area contributed by atoms with E-state index < -0.39 is 0 Å². The summed E-state index contributed by atoms with van der Waals surface area (Å²) < 4.78 is 0. The fourth-order valence-corrected chi connectivity index (χ4v) is 1.52. The molecular formula is C13H24. The van der Waals surface area contributed by atoms with Crippen molar-refractivity contribution >= 4 is 0 Å². The molecule has 1 fully saturated rings. The Labute approximate surface area is 84.1 Å². The van der Waals surface area contributed by atoms with Gasteiger partial charge in [0.05, 0.1) is 0 Å². The van der Waals surface area contributed by atoms with Gasteiger partial charge in [0.1, 0.15) is 0 Å². The van der Waals surface area contributed by atoms with Crippen molar-refractivity contribution in [1.82, 2.24) is 0 Å². The Morgan fingerprint density at radius 3 is 1.62 bits per heavy atom. The van der Waals surface area contributed by atoms with Gasteiger partial charge < -0.3 is 0 Å². The fourth-order valence-electron chi connectivity index (χ4n) is 1.52. The van der Waals surface area contributed by atoms with Gasteiger partial charge in [-0.2, -0.15) is 0 Å². The van der Waals surface area contributed by atoms with E-state index in [2.05, 4.69) is 45.9 Å². The second-order valence-electron chi connectivity index (χ2n) is 3.26. The van der Waals surface area contributed by atoms with Gasteiger partial charge in [0.2, 0.25) is 0 Å². The van der Waals surface area contributed by atoms with Crippen LogP contribution in [0.3, 0.4) is 0 Å². The molecule has 0 aliphatic heterocycles. The summed E-state index contributed by atoms with van der Waals surface area (Å²) in [5, 5.41) is 0. The fraction of sp³-hybridized carbons (Fsp3) is 0.538. The minimum Gasteiger partial charge on any atom is -0.106 e. The van der Waals surface area contributed by atoms with Crippen LogP contribution in [-0.4, -0.2) is 0 Å². The molecule has 0 spiro atoms. The van der Waals surface area contributed by atoms with E-state index in [9.17, 15) is 0 Å². The average Bonchev–Trinajstić information content (AvgIpc) is 2.25. The second kappa shape index (κ2) is 11.2. The molecule has 0 nitrogen and oxygen atoms in total. The third-order valence-corrected chi connectivity index (χ3v) is 2.39. The van der Waals surface area contributed by atoms with Crippen LogP contribution in [0.4, 0.5) is 0 Å². The molecule has 0 unspecified atom stereocenters. The summed E-state index contributed by atoms with van der Waals surface area (Å²) in [4.78, 5) is 0. The summed E-state index contributed by atoms with van der Waals surface area (Å²) in [6.45, 7) is 18.2. The van der Waals surface area contributed by atoms with E-state index >= 15 is 0 Å². The van der Waals surface area contributed by atoms with Gasteiger partial charge in [-0.15, -0.1) is 32.9 Å². The van der Waals surface area contributed by atoms with Gasteiger partial charge in [-0.25, -0.2) is 0 Å². The monoisotopic (exact) mass is 180 g/mol. The van der Waals surface area contributed by atoms with Gasteiger partial charge in [0, 0.05) is 0 Å². The molecule has 0 aromatic carbocycles. The van der Waals surface area contributed by atoms with E-state index in [4.69, 9.17) is 0 Å². The SMILES string of the molecule is C=C.C=C.C=CC1CCC(C)CC1. The van der Waals surface area contributed by atoms with E-state index in [0.717, 1.165) is 11.8 Å². The van der Waals surface area contributed by atoms with Crippen LogP contribution in [0.2, 0.25) is 0 Å². The highest BCUT2D eigenvalue weighted by atomic mass is 14.2. The van der Waals surface area contributed by atoms with Crippen molar-refractivity contribution in [3.05, 3.63) is 39.0 Å². The third kappa shape index (κ3) is 7.58. The van der Waals surface area contributed by atoms with Crippen LogP contribution in [0.5, 0.6) is 0 Å². The largest absolute Gasteiger partial charge is 0.106 e. The van der Waals surface area contributed by atoms with Gasteiger partial charge in [0.25, 0.3) is 0 Å². The highest BCUT2D eigenvalue weighted by Crippen LogP contribution is 2.28. The molecule has 0 heterocycles. The summed E-state index contributed by atoms with van der Waals surface area (Å²) in [5.74, 6) is 1.81. The molecule has 0 atom stereocenters. The lowest BCUT2D eigenvalue weighted by Crippen LogP contribution is -2.09. The Bertz CT molecular complexity index is 105. The topological polar surface area (TPSA) is 0 Å². The Morgan fingerprint density at radius 1 is 0.923 bits per heavy atom. The first kappa shape index (κ1) is 14.7. The summed E-state index contributed by atoms with van der Waals surface area (Å²) in [7, 11) is 0. The molecule has 0 bridgehead atoms. The highest BCUT2D eigenvalue weighted by Gasteiger charge is 2.14. The van der Waals surface area contributed by atoms with Crippen molar-refractivity contribution < 1.29 is 0 Å². The summed E-state index contributed by atoms with van der Waals surface area (Å²) in [6.07, 6.45) is 7.70. The molecule has 76 valence electrons. The maximum atomic E-state index is 3.81. The third-order valence-electron chi connectivity index (χ3n) is 2.39. The number of hydrogen-bond acceptors (Lipinski definition) is 0. The molecule has 1 aliphatic rings. The van der Waals surface area contributed by atoms with E-state index in [1.165, 1.54) is 25.7 Å². The van der Waals surface area contributed by atoms with Crippen molar-refractivity contribution in [2.45, 2.75) is 32.6 Å². The molecule has 1 rings (SSSR count). The maximum Gasteiger partial charge on any atom is -0.0236 e. The van der Waals surface area contributed by atoms with Gasteiger partial charge in [-0.3, -0.25) is 0 Å². The summed E-state index contributed by atoms with van der Waals surface area (Å²) in [5.41, 5.74) is 0. The molecule has 0 saturated heterocycles. The average molecular weight is 180 g/mol. The lowest BCUT2D eigenvalue weighted by Gasteiger charge is -2.23. The molecule has 1 aliphatic carbocycles. The number of rotatable bonds is 1. The zero-order chi connectivity index (χ0) is 10.7. The lowest BCUT2D eigenvalue weighted by atomic mass is 9.83. The van der Waals surface area contributed by atoms with Crippen molar-refractivity contribution in [2.24, 2.45) is 11.8 Å². The predicted octanol–water partition coefficient (Wildman–Crippen LogP) is 4.60. The van der Waals surface area contributed by atoms with Crippen molar-refractivity contribution in [1.29, 1.82) is 0 Å². The first-order valence-electron chi connectivity index (χ1n) is 4.95. The lowest BCUT2D eigenvalue weighted by molar-refractivity contribution is 0.331. The van der Waals surface area contributed by atoms with Crippen LogP contribution in [0.25, 0.3) is 0 Å². The highest BCUT2D eigenvalue weighted by molar-refractivity contribution is 4.82. The van der Waals surface area contributed by atoms with Crippen molar-refractivity contribution in [3.63, 3.8) is 0 Å². The van der Waals surface area contributed by atoms with E-state index in [0.29, 0.717) is 0 Å². The van der Waals surface area contributed by atoms with Crippen molar-refractivity contribution in [2.75, 3.05) is 0 Å². The standard InChI is InChI=1S/C9H16.2C2H4/c1-3-9-6-4-8(2)5-7-9;2*1-2/h3,8-9H,1,4-7H2,2H3;2*1-2H2. The number of allylic oxidation sites excluding steroid dienone is 1. The Hall–Kier alpha value is -0.780. The quantitative estimate of drug-likeness (QED) is 0.517. The van der Waals surface area contributed by atoms with Crippen LogP contribution in [0.15, 0.2) is 39.0 Å². The first-order valence-corrected chi connectivity index (χ1v) is 4.95. The number of hydrogen-bond donors (Lipinski definition) is 0. The van der Waals surface area contributed by atoms with Gasteiger partial charge in [-0.05, 0) is 24.7 Å². The molecular weight excluding hydrogens is 156 g/mol. The van der Waals surface area contributed by atoms with Crippen molar-refractivity contribution in [3.8, 4) is 0 Å². The van der Waals surface area contributed by atoms with Gasteiger partial charge in [0.15, 0.2) is 0 Å². The Morgan fingerprint density at radius 2 is 1.31 bits per heavy atom. The summed E-state index contributed by atoms with van der Waals surface area (Å²) >= 11 is 0. The smallest absolute Gasteiger partial charge is 0.0236 e. The molecule has 0 radical (unpaired) electrons. The molecule has 0 heteroatoms. The Balaban J connectivity index is 0. The van der Waals surface area contributed by atoms with E-state index in [-0.39, 0.29) is 0 Å². The normalized spacial score (nSPS) is 25.6. The van der Waals surface area contributed by atoms with Crippen LogP contribution in [0, 0.1) is 11.8 Å². The Kier molecular flexibility index (Phi) is 12.7. The van der Waals surface area contributed by atoms with Gasteiger partial charge in [-0.1, -0.05) is 25.8 Å². The first-order chi connectivity index (χ1) is 6.33.